The largest absolute Gasteiger partial charge is 0.356 e. The van der Waals surface area contributed by atoms with Crippen molar-refractivity contribution in [3.05, 3.63) is 59.9 Å². The average Bonchev–Trinajstić information content (AvgIpc) is 2.54. The lowest BCUT2D eigenvalue weighted by Crippen LogP contribution is -2.32. The molecule has 2 aromatic rings. The van der Waals surface area contributed by atoms with Crippen LogP contribution in [0.4, 0.5) is 10.1 Å². The lowest BCUT2D eigenvalue weighted by Gasteiger charge is -2.20. The molecule has 24 heavy (non-hydrogen) atoms. The van der Waals surface area contributed by atoms with Gasteiger partial charge in [0.15, 0.2) is 14.9 Å². The third kappa shape index (κ3) is 4.75. The molecule has 0 saturated heterocycles. The van der Waals surface area contributed by atoms with Crippen molar-refractivity contribution in [2.24, 2.45) is 0 Å². The highest BCUT2D eigenvalue weighted by atomic mass is 32.2. The van der Waals surface area contributed by atoms with Crippen molar-refractivity contribution >= 4 is 32.9 Å². The van der Waals surface area contributed by atoms with Gasteiger partial charge in [0.25, 0.3) is 0 Å². The normalized spacial score (nSPS) is 12.5. The second-order valence-corrected chi connectivity index (χ2v) is 7.80. The summed E-state index contributed by atoms with van der Waals surface area (Å²) in [5.74, 6) is -0.382. The SMILES string of the molecule is CCC(NC(=S)Nc1ccccc1F)c1ccc(S(C)(=O)=O)cc1. The van der Waals surface area contributed by atoms with Gasteiger partial charge in [-0.2, -0.15) is 0 Å². The van der Waals surface area contributed by atoms with Gasteiger partial charge in [-0.25, -0.2) is 12.8 Å². The number of nitrogens with one attached hydrogen (secondary N) is 2. The number of benzene rings is 2. The molecular formula is C17H19FN2O2S2. The van der Waals surface area contributed by atoms with Crippen LogP contribution in [-0.2, 0) is 9.84 Å². The minimum atomic E-state index is -3.22. The fourth-order valence-electron chi connectivity index (χ4n) is 2.25. The van der Waals surface area contributed by atoms with E-state index in [0.717, 1.165) is 12.0 Å². The van der Waals surface area contributed by atoms with Gasteiger partial charge in [0, 0.05) is 6.26 Å². The second kappa shape index (κ2) is 7.72. The maximum absolute atomic E-state index is 13.6. The standard InChI is InChI=1S/C17H19FN2O2S2/c1-3-15(12-8-10-13(11-9-12)24(2,21)22)19-17(23)20-16-7-5-4-6-14(16)18/h4-11,15H,3H2,1-2H3,(H2,19,20,23). The summed E-state index contributed by atoms with van der Waals surface area (Å²) >= 11 is 5.24. The molecule has 0 heterocycles. The van der Waals surface area contributed by atoms with Crippen molar-refractivity contribution in [1.82, 2.24) is 5.32 Å². The zero-order valence-electron chi connectivity index (χ0n) is 13.4. The molecule has 0 saturated carbocycles. The van der Waals surface area contributed by atoms with Crippen LogP contribution in [0.1, 0.15) is 24.9 Å². The highest BCUT2D eigenvalue weighted by molar-refractivity contribution is 7.90. The summed E-state index contributed by atoms with van der Waals surface area (Å²) in [6, 6.07) is 12.8. The van der Waals surface area contributed by atoms with Crippen molar-refractivity contribution in [2.45, 2.75) is 24.3 Å². The smallest absolute Gasteiger partial charge is 0.175 e. The quantitative estimate of drug-likeness (QED) is 0.791. The number of para-hydroxylation sites is 1. The number of rotatable bonds is 5. The summed E-state index contributed by atoms with van der Waals surface area (Å²) < 4.78 is 36.7. The number of hydrogen-bond donors (Lipinski definition) is 2. The van der Waals surface area contributed by atoms with Gasteiger partial charge in [0.1, 0.15) is 5.82 Å². The average molecular weight is 366 g/mol. The van der Waals surface area contributed by atoms with Crippen molar-refractivity contribution in [3.63, 3.8) is 0 Å². The predicted molar refractivity (Wildman–Crippen MR) is 98.3 cm³/mol. The van der Waals surface area contributed by atoms with E-state index >= 15 is 0 Å². The number of hydrogen-bond acceptors (Lipinski definition) is 3. The highest BCUT2D eigenvalue weighted by Gasteiger charge is 2.13. The molecule has 4 nitrogen and oxygen atoms in total. The van der Waals surface area contributed by atoms with Crippen LogP contribution < -0.4 is 10.6 Å². The van der Waals surface area contributed by atoms with Crippen molar-refractivity contribution in [2.75, 3.05) is 11.6 Å². The first-order valence-corrected chi connectivity index (χ1v) is 9.73. The number of thiocarbonyl (C=S) groups is 1. The Bertz CT molecular complexity index is 821. The van der Waals surface area contributed by atoms with Gasteiger partial charge in [-0.3, -0.25) is 0 Å². The zero-order valence-corrected chi connectivity index (χ0v) is 15.0. The molecule has 2 rings (SSSR count). The van der Waals surface area contributed by atoms with E-state index in [1.54, 1.807) is 42.5 Å². The minimum absolute atomic E-state index is 0.106. The van der Waals surface area contributed by atoms with Crippen molar-refractivity contribution in [1.29, 1.82) is 0 Å². The summed E-state index contributed by atoms with van der Waals surface area (Å²) in [6.45, 7) is 1.98. The molecule has 0 fully saturated rings. The van der Waals surface area contributed by atoms with Gasteiger partial charge < -0.3 is 10.6 Å². The predicted octanol–water partition coefficient (Wildman–Crippen LogP) is 3.67. The maximum atomic E-state index is 13.6. The molecular weight excluding hydrogens is 347 g/mol. The molecule has 0 bridgehead atoms. The zero-order chi connectivity index (χ0) is 17.7. The Morgan fingerprint density at radius 1 is 1.17 bits per heavy atom. The fourth-order valence-corrected chi connectivity index (χ4v) is 3.13. The highest BCUT2D eigenvalue weighted by Crippen LogP contribution is 2.20. The minimum Gasteiger partial charge on any atom is -0.356 e. The van der Waals surface area contributed by atoms with E-state index in [1.807, 2.05) is 6.92 Å². The summed E-state index contributed by atoms with van der Waals surface area (Å²) in [6.07, 6.45) is 1.91. The Kier molecular flexibility index (Phi) is 5.90. The first-order valence-electron chi connectivity index (χ1n) is 7.43. The van der Waals surface area contributed by atoms with Crippen LogP contribution in [0.15, 0.2) is 53.4 Å². The molecule has 128 valence electrons. The molecule has 7 heteroatoms. The molecule has 2 aromatic carbocycles. The van der Waals surface area contributed by atoms with E-state index in [0.29, 0.717) is 10.8 Å². The summed E-state index contributed by atoms with van der Waals surface area (Å²) in [5, 5.41) is 6.26. The van der Waals surface area contributed by atoms with Crippen LogP contribution >= 0.6 is 12.2 Å². The van der Waals surface area contributed by atoms with Crippen LogP contribution in [0.25, 0.3) is 0 Å². The molecule has 1 atom stereocenters. The molecule has 0 aliphatic carbocycles. The third-order valence-corrected chi connectivity index (χ3v) is 4.89. The van der Waals surface area contributed by atoms with Gasteiger partial charge in [-0.15, -0.1) is 0 Å². The topological polar surface area (TPSA) is 58.2 Å². The Hall–Kier alpha value is -1.99. The van der Waals surface area contributed by atoms with Crippen molar-refractivity contribution < 1.29 is 12.8 Å². The van der Waals surface area contributed by atoms with E-state index in [4.69, 9.17) is 12.2 Å². The van der Waals surface area contributed by atoms with Crippen LogP contribution in [-0.4, -0.2) is 19.8 Å². The summed E-state index contributed by atoms with van der Waals surface area (Å²) in [4.78, 5) is 0.271. The van der Waals surface area contributed by atoms with Crippen LogP contribution in [0, 0.1) is 5.82 Å². The first-order chi connectivity index (χ1) is 11.3. The Balaban J connectivity index is 2.09. The number of sulfone groups is 1. The van der Waals surface area contributed by atoms with E-state index in [1.165, 1.54) is 12.3 Å². The van der Waals surface area contributed by atoms with Crippen LogP contribution in [0.2, 0.25) is 0 Å². The molecule has 2 N–H and O–H groups in total. The van der Waals surface area contributed by atoms with Crippen LogP contribution in [0.3, 0.4) is 0 Å². The maximum Gasteiger partial charge on any atom is 0.175 e. The molecule has 0 radical (unpaired) electrons. The third-order valence-electron chi connectivity index (χ3n) is 3.55. The van der Waals surface area contributed by atoms with E-state index in [9.17, 15) is 12.8 Å². The van der Waals surface area contributed by atoms with Crippen LogP contribution in [0.5, 0.6) is 0 Å². The fraction of sp³-hybridized carbons (Fsp3) is 0.235. The van der Waals surface area contributed by atoms with Gasteiger partial charge in [-0.1, -0.05) is 31.2 Å². The first kappa shape index (κ1) is 18.4. The lowest BCUT2D eigenvalue weighted by molar-refractivity contribution is 0.601. The lowest BCUT2D eigenvalue weighted by atomic mass is 10.1. The molecule has 0 aromatic heterocycles. The van der Waals surface area contributed by atoms with Gasteiger partial charge >= 0.3 is 0 Å². The molecule has 0 spiro atoms. The Labute approximate surface area is 147 Å². The Morgan fingerprint density at radius 2 is 1.79 bits per heavy atom. The Morgan fingerprint density at radius 3 is 2.33 bits per heavy atom. The van der Waals surface area contributed by atoms with Gasteiger partial charge in [0.2, 0.25) is 0 Å². The summed E-state index contributed by atoms with van der Waals surface area (Å²) in [5.41, 5.74) is 1.21. The molecule has 0 aliphatic heterocycles. The van der Waals surface area contributed by atoms with E-state index in [-0.39, 0.29) is 16.8 Å². The van der Waals surface area contributed by atoms with Gasteiger partial charge in [0.05, 0.1) is 16.6 Å². The number of halogens is 1. The van der Waals surface area contributed by atoms with Crippen molar-refractivity contribution in [3.8, 4) is 0 Å². The molecule has 0 aliphatic rings. The second-order valence-electron chi connectivity index (χ2n) is 5.38. The molecule has 1 unspecified atom stereocenters. The van der Waals surface area contributed by atoms with E-state index in [2.05, 4.69) is 10.6 Å². The monoisotopic (exact) mass is 366 g/mol. The molecule has 0 amide bonds. The summed E-state index contributed by atoms with van der Waals surface area (Å²) in [7, 11) is -3.22. The number of anilines is 1. The van der Waals surface area contributed by atoms with Gasteiger partial charge in [-0.05, 0) is 48.5 Å². The van der Waals surface area contributed by atoms with E-state index < -0.39 is 9.84 Å².